The number of fused-ring (bicyclic) bond motifs is 1. The van der Waals surface area contributed by atoms with Crippen LogP contribution in [0.3, 0.4) is 0 Å². The first-order chi connectivity index (χ1) is 8.81. The summed E-state index contributed by atoms with van der Waals surface area (Å²) in [6.45, 7) is 4.97. The number of aryl methyl sites for hydroxylation is 1. The van der Waals surface area contributed by atoms with Crippen molar-refractivity contribution >= 4 is 16.7 Å². The van der Waals surface area contributed by atoms with Crippen molar-refractivity contribution in [2.75, 3.05) is 11.9 Å². The van der Waals surface area contributed by atoms with Gasteiger partial charge in [-0.3, -0.25) is 5.10 Å². The van der Waals surface area contributed by atoms with Gasteiger partial charge in [0.05, 0.1) is 11.9 Å². The maximum Gasteiger partial charge on any atom is 0.139 e. The number of hydrogen-bond acceptors (Lipinski definition) is 3. The molecule has 0 spiro atoms. The van der Waals surface area contributed by atoms with Crippen LogP contribution in [0.5, 0.6) is 0 Å². The summed E-state index contributed by atoms with van der Waals surface area (Å²) in [5, 5.41) is 11.6. The van der Waals surface area contributed by atoms with E-state index in [1.54, 1.807) is 0 Å². The van der Waals surface area contributed by atoms with Crippen molar-refractivity contribution < 1.29 is 0 Å². The summed E-state index contributed by atoms with van der Waals surface area (Å²) in [5.41, 5.74) is 5.21. The Morgan fingerprint density at radius 3 is 2.89 bits per heavy atom. The van der Waals surface area contributed by atoms with Crippen molar-refractivity contribution in [3.63, 3.8) is 0 Å². The second-order valence-corrected chi connectivity index (χ2v) is 4.23. The van der Waals surface area contributed by atoms with Crippen LogP contribution in [0, 0.1) is 6.92 Å². The molecule has 0 fully saturated rings. The zero-order valence-corrected chi connectivity index (χ0v) is 10.4. The van der Waals surface area contributed by atoms with Gasteiger partial charge in [-0.2, -0.15) is 5.10 Å². The number of aromatic nitrogens is 4. The van der Waals surface area contributed by atoms with Gasteiger partial charge in [-0.15, -0.1) is 0 Å². The Morgan fingerprint density at radius 2 is 2.17 bits per heavy atom. The lowest BCUT2D eigenvalue weighted by Gasteiger charge is -2.11. The van der Waals surface area contributed by atoms with Crippen LogP contribution in [-0.4, -0.2) is 26.7 Å². The molecule has 0 unspecified atom stereocenters. The highest BCUT2D eigenvalue weighted by Crippen LogP contribution is 2.34. The molecule has 3 aromatic heterocycles. The molecular weight excluding hydrogens is 226 g/mol. The molecule has 0 bridgehead atoms. The number of pyridine rings is 1. The number of rotatable bonds is 3. The Kier molecular flexibility index (Phi) is 2.51. The lowest BCUT2D eigenvalue weighted by molar-refractivity contribution is 1.05. The fraction of sp³-hybridized carbons (Fsp3) is 0.231. The lowest BCUT2D eigenvalue weighted by atomic mass is 10.1. The predicted octanol–water partition coefficient (Wildman–Crippen LogP) is 2.69. The first-order valence-corrected chi connectivity index (χ1v) is 6.01. The van der Waals surface area contributed by atoms with Crippen LogP contribution in [0.4, 0.5) is 5.69 Å². The van der Waals surface area contributed by atoms with Crippen LogP contribution in [0.25, 0.3) is 22.2 Å². The third kappa shape index (κ3) is 1.55. The third-order valence-corrected chi connectivity index (χ3v) is 3.06. The van der Waals surface area contributed by atoms with Crippen LogP contribution in [0.15, 0.2) is 24.7 Å². The van der Waals surface area contributed by atoms with Gasteiger partial charge >= 0.3 is 0 Å². The molecule has 0 aliphatic heterocycles. The van der Waals surface area contributed by atoms with Crippen LogP contribution in [-0.2, 0) is 0 Å². The van der Waals surface area contributed by atoms with E-state index in [4.69, 9.17) is 0 Å². The molecule has 0 aromatic carbocycles. The van der Waals surface area contributed by atoms with Gasteiger partial charge in [-0.1, -0.05) is 0 Å². The number of nitrogens with one attached hydrogen (secondary N) is 3. The van der Waals surface area contributed by atoms with Crippen molar-refractivity contribution in [2.45, 2.75) is 13.8 Å². The Hall–Kier alpha value is -2.30. The quantitative estimate of drug-likeness (QED) is 0.660. The normalized spacial score (nSPS) is 11.0. The SMILES string of the molecule is CCNc1c(-c2cn[nH]c2C)cnc2[nH]ccc12. The molecule has 0 atom stereocenters. The molecule has 0 saturated carbocycles. The predicted molar refractivity (Wildman–Crippen MR) is 72.6 cm³/mol. The number of H-pyrrole nitrogens is 2. The molecule has 0 radical (unpaired) electrons. The third-order valence-electron chi connectivity index (χ3n) is 3.06. The van der Waals surface area contributed by atoms with Gasteiger partial charge in [0.1, 0.15) is 5.65 Å². The van der Waals surface area contributed by atoms with Gasteiger partial charge < -0.3 is 10.3 Å². The van der Waals surface area contributed by atoms with Crippen LogP contribution in [0.1, 0.15) is 12.6 Å². The number of hydrogen-bond donors (Lipinski definition) is 3. The monoisotopic (exact) mass is 241 g/mol. The highest BCUT2D eigenvalue weighted by molar-refractivity contribution is 5.98. The van der Waals surface area contributed by atoms with E-state index in [1.807, 2.05) is 31.6 Å². The Bertz CT molecular complexity index is 680. The Labute approximate surface area is 105 Å². The fourth-order valence-electron chi connectivity index (χ4n) is 2.20. The van der Waals surface area contributed by atoms with Gasteiger partial charge in [-0.05, 0) is 19.9 Å². The van der Waals surface area contributed by atoms with E-state index < -0.39 is 0 Å². The van der Waals surface area contributed by atoms with E-state index in [1.165, 1.54) is 0 Å². The first kappa shape index (κ1) is 10.8. The van der Waals surface area contributed by atoms with Gasteiger partial charge in [0.25, 0.3) is 0 Å². The van der Waals surface area contributed by atoms with Crippen molar-refractivity contribution in [2.24, 2.45) is 0 Å². The highest BCUT2D eigenvalue weighted by Gasteiger charge is 2.13. The van der Waals surface area contributed by atoms with E-state index >= 15 is 0 Å². The Balaban J connectivity index is 2.28. The smallest absolute Gasteiger partial charge is 0.139 e. The molecule has 3 N–H and O–H groups in total. The summed E-state index contributed by atoms with van der Waals surface area (Å²) in [6, 6.07) is 2.04. The minimum atomic E-state index is 0.869. The molecule has 0 amide bonds. The summed E-state index contributed by atoms with van der Waals surface area (Å²) in [7, 11) is 0. The molecule has 5 heteroatoms. The van der Waals surface area contributed by atoms with Crippen molar-refractivity contribution in [1.29, 1.82) is 0 Å². The maximum absolute atomic E-state index is 4.44. The van der Waals surface area contributed by atoms with Gasteiger partial charge in [0.2, 0.25) is 0 Å². The average molecular weight is 241 g/mol. The summed E-state index contributed by atoms with van der Waals surface area (Å²) in [6.07, 6.45) is 5.63. The molecular formula is C13H15N5. The van der Waals surface area contributed by atoms with E-state index in [-0.39, 0.29) is 0 Å². The molecule has 0 aliphatic rings. The molecule has 3 rings (SSSR count). The van der Waals surface area contributed by atoms with E-state index in [0.717, 1.165) is 40.1 Å². The molecule has 18 heavy (non-hydrogen) atoms. The molecule has 3 heterocycles. The van der Waals surface area contributed by atoms with Gasteiger partial charge in [0.15, 0.2) is 0 Å². The number of nitrogens with zero attached hydrogens (tertiary/aromatic N) is 2. The summed E-state index contributed by atoms with van der Waals surface area (Å²) in [4.78, 5) is 7.57. The molecule has 5 nitrogen and oxygen atoms in total. The summed E-state index contributed by atoms with van der Waals surface area (Å²) < 4.78 is 0. The zero-order valence-electron chi connectivity index (χ0n) is 10.4. The minimum absolute atomic E-state index is 0.869. The number of anilines is 1. The highest BCUT2D eigenvalue weighted by atomic mass is 15.1. The van der Waals surface area contributed by atoms with E-state index in [0.29, 0.717) is 0 Å². The largest absolute Gasteiger partial charge is 0.384 e. The zero-order chi connectivity index (χ0) is 12.5. The van der Waals surface area contributed by atoms with Crippen molar-refractivity contribution in [1.82, 2.24) is 20.2 Å². The minimum Gasteiger partial charge on any atom is -0.384 e. The van der Waals surface area contributed by atoms with Gasteiger partial charge in [0, 0.05) is 41.1 Å². The number of aromatic amines is 2. The van der Waals surface area contributed by atoms with Crippen LogP contribution < -0.4 is 5.32 Å². The van der Waals surface area contributed by atoms with Gasteiger partial charge in [-0.25, -0.2) is 4.98 Å². The summed E-state index contributed by atoms with van der Waals surface area (Å²) in [5.74, 6) is 0. The van der Waals surface area contributed by atoms with Crippen molar-refractivity contribution in [3.8, 4) is 11.1 Å². The topological polar surface area (TPSA) is 69.4 Å². The average Bonchev–Trinajstić information content (AvgIpc) is 2.98. The molecule has 92 valence electrons. The second kappa shape index (κ2) is 4.18. The van der Waals surface area contributed by atoms with Crippen LogP contribution in [0.2, 0.25) is 0 Å². The maximum atomic E-state index is 4.44. The second-order valence-electron chi connectivity index (χ2n) is 4.23. The molecule has 0 saturated heterocycles. The Morgan fingerprint density at radius 1 is 1.28 bits per heavy atom. The first-order valence-electron chi connectivity index (χ1n) is 6.01. The van der Waals surface area contributed by atoms with Crippen LogP contribution >= 0.6 is 0 Å². The standard InChI is InChI=1S/C13H15N5/c1-3-14-12-9-4-5-15-13(9)16-6-11(12)10-7-17-18-8(10)2/h4-7H,3H2,1-2H3,(H,17,18)(H2,14,15,16). The fourth-order valence-corrected chi connectivity index (χ4v) is 2.20. The molecule has 0 aliphatic carbocycles. The lowest BCUT2D eigenvalue weighted by Crippen LogP contribution is -2.00. The van der Waals surface area contributed by atoms with E-state index in [2.05, 4.69) is 32.4 Å². The van der Waals surface area contributed by atoms with Crippen molar-refractivity contribution in [3.05, 3.63) is 30.4 Å². The molecule has 3 aromatic rings. The van der Waals surface area contributed by atoms with E-state index in [9.17, 15) is 0 Å². The summed E-state index contributed by atoms with van der Waals surface area (Å²) >= 11 is 0.